The molecule has 1 aromatic carbocycles. The lowest BCUT2D eigenvalue weighted by Crippen LogP contribution is -2.27. The molecule has 0 aliphatic carbocycles. The Morgan fingerprint density at radius 2 is 2.38 bits per heavy atom. The first kappa shape index (κ1) is 8.85. The van der Waals surface area contributed by atoms with Gasteiger partial charge >= 0.3 is 0 Å². The third-order valence-electron chi connectivity index (χ3n) is 2.35. The van der Waals surface area contributed by atoms with Gasteiger partial charge in [-0.15, -0.1) is 0 Å². The van der Waals surface area contributed by atoms with Gasteiger partial charge in [0.15, 0.2) is 0 Å². The van der Waals surface area contributed by atoms with Gasteiger partial charge in [-0.05, 0) is 24.6 Å². The van der Waals surface area contributed by atoms with E-state index in [4.69, 9.17) is 22.1 Å². The lowest BCUT2D eigenvalue weighted by molar-refractivity contribution is 0.226. The third-order valence-corrected chi connectivity index (χ3v) is 2.65. The second-order valence-electron chi connectivity index (χ2n) is 3.34. The van der Waals surface area contributed by atoms with Crippen molar-refractivity contribution in [2.75, 3.05) is 13.2 Å². The van der Waals surface area contributed by atoms with Crippen molar-refractivity contribution in [3.05, 3.63) is 28.8 Å². The highest BCUT2D eigenvalue weighted by molar-refractivity contribution is 6.32. The Morgan fingerprint density at radius 3 is 3.15 bits per heavy atom. The van der Waals surface area contributed by atoms with Gasteiger partial charge in [-0.25, -0.2) is 0 Å². The Bertz CT molecular complexity index is 314. The average Bonchev–Trinajstić information content (AvgIpc) is 2.18. The summed E-state index contributed by atoms with van der Waals surface area (Å²) in [5, 5.41) is 0.702. The molecular weight excluding hydrogens is 186 g/mol. The zero-order valence-electron chi connectivity index (χ0n) is 7.29. The number of rotatable bonds is 1. The second kappa shape index (κ2) is 3.56. The van der Waals surface area contributed by atoms with Crippen LogP contribution in [0.3, 0.4) is 0 Å². The van der Waals surface area contributed by atoms with Crippen molar-refractivity contribution in [3.63, 3.8) is 0 Å². The molecule has 0 saturated heterocycles. The molecule has 0 aromatic heterocycles. The van der Waals surface area contributed by atoms with E-state index in [1.54, 1.807) is 0 Å². The summed E-state index contributed by atoms with van der Waals surface area (Å²) in [6, 6.07) is 5.84. The molecule has 2 N–H and O–H groups in total. The zero-order chi connectivity index (χ0) is 9.26. The van der Waals surface area contributed by atoms with Gasteiger partial charge in [-0.3, -0.25) is 0 Å². The highest BCUT2D eigenvalue weighted by Crippen LogP contribution is 2.33. The molecule has 2 nitrogen and oxygen atoms in total. The normalized spacial score (nSPS) is 20.6. The number of fused-ring (bicyclic) bond motifs is 1. The van der Waals surface area contributed by atoms with Crippen molar-refractivity contribution in [1.82, 2.24) is 0 Å². The van der Waals surface area contributed by atoms with Crippen LogP contribution in [0.1, 0.15) is 5.56 Å². The number of para-hydroxylation sites is 1. The zero-order valence-corrected chi connectivity index (χ0v) is 8.05. The van der Waals surface area contributed by atoms with E-state index in [1.807, 2.05) is 18.2 Å². The molecular formula is C10H12ClNO. The maximum atomic E-state index is 5.98. The van der Waals surface area contributed by atoms with Crippen molar-refractivity contribution < 1.29 is 4.74 Å². The molecule has 1 aliphatic heterocycles. The van der Waals surface area contributed by atoms with Gasteiger partial charge in [-0.2, -0.15) is 0 Å². The number of halogens is 1. The fraction of sp³-hybridized carbons (Fsp3) is 0.400. The van der Waals surface area contributed by atoms with E-state index in [0.29, 0.717) is 24.1 Å². The van der Waals surface area contributed by atoms with Crippen LogP contribution in [0.5, 0.6) is 5.75 Å². The minimum atomic E-state index is 0.436. The van der Waals surface area contributed by atoms with E-state index in [1.165, 1.54) is 5.56 Å². The predicted molar refractivity (Wildman–Crippen MR) is 53.2 cm³/mol. The van der Waals surface area contributed by atoms with Crippen LogP contribution in [0.15, 0.2) is 18.2 Å². The average molecular weight is 198 g/mol. The van der Waals surface area contributed by atoms with E-state index in [2.05, 4.69) is 0 Å². The molecule has 0 amide bonds. The summed E-state index contributed by atoms with van der Waals surface area (Å²) in [5.41, 5.74) is 6.76. The van der Waals surface area contributed by atoms with E-state index in [-0.39, 0.29) is 0 Å². The van der Waals surface area contributed by atoms with Gasteiger partial charge in [0.05, 0.1) is 11.6 Å². The summed E-state index contributed by atoms with van der Waals surface area (Å²) in [6.45, 7) is 1.36. The van der Waals surface area contributed by atoms with Crippen LogP contribution in [0.25, 0.3) is 0 Å². The molecule has 0 saturated carbocycles. The second-order valence-corrected chi connectivity index (χ2v) is 3.75. The van der Waals surface area contributed by atoms with Gasteiger partial charge in [0.2, 0.25) is 0 Å². The van der Waals surface area contributed by atoms with Gasteiger partial charge in [0.1, 0.15) is 5.75 Å². The molecule has 0 bridgehead atoms. The minimum Gasteiger partial charge on any atom is -0.491 e. The molecule has 70 valence electrons. The van der Waals surface area contributed by atoms with Crippen LogP contribution in [0.2, 0.25) is 5.02 Å². The Kier molecular flexibility index (Phi) is 2.42. The molecule has 0 fully saturated rings. The lowest BCUT2D eigenvalue weighted by Gasteiger charge is -2.24. The third kappa shape index (κ3) is 1.64. The monoisotopic (exact) mass is 197 g/mol. The summed E-state index contributed by atoms with van der Waals surface area (Å²) in [6.07, 6.45) is 0.979. The summed E-state index contributed by atoms with van der Waals surface area (Å²) in [5.74, 6) is 1.28. The summed E-state index contributed by atoms with van der Waals surface area (Å²) < 4.78 is 5.55. The number of hydrogen-bond donors (Lipinski definition) is 1. The molecule has 0 radical (unpaired) electrons. The molecule has 2 rings (SSSR count). The fourth-order valence-corrected chi connectivity index (χ4v) is 1.85. The van der Waals surface area contributed by atoms with Crippen molar-refractivity contribution >= 4 is 11.6 Å². The Hall–Kier alpha value is -0.730. The quantitative estimate of drug-likeness (QED) is 0.746. The van der Waals surface area contributed by atoms with Gasteiger partial charge < -0.3 is 10.5 Å². The number of nitrogens with two attached hydrogens (primary N) is 1. The highest BCUT2D eigenvalue weighted by Gasteiger charge is 2.19. The highest BCUT2D eigenvalue weighted by atomic mass is 35.5. The van der Waals surface area contributed by atoms with E-state index >= 15 is 0 Å². The molecule has 0 spiro atoms. The molecule has 3 heteroatoms. The van der Waals surface area contributed by atoms with Crippen LogP contribution < -0.4 is 10.5 Å². The van der Waals surface area contributed by atoms with E-state index < -0.39 is 0 Å². The van der Waals surface area contributed by atoms with Crippen molar-refractivity contribution in [1.29, 1.82) is 0 Å². The summed E-state index contributed by atoms with van der Waals surface area (Å²) >= 11 is 5.98. The Balaban J connectivity index is 2.31. The van der Waals surface area contributed by atoms with Crippen LogP contribution >= 0.6 is 11.6 Å². The number of benzene rings is 1. The Morgan fingerprint density at radius 1 is 1.54 bits per heavy atom. The fourth-order valence-electron chi connectivity index (χ4n) is 1.60. The van der Waals surface area contributed by atoms with Crippen LogP contribution in [0, 0.1) is 5.92 Å². The largest absolute Gasteiger partial charge is 0.491 e. The molecule has 1 heterocycles. The predicted octanol–water partition coefficient (Wildman–Crippen LogP) is 1.85. The van der Waals surface area contributed by atoms with Gasteiger partial charge in [0.25, 0.3) is 0 Å². The molecule has 1 unspecified atom stereocenters. The number of ether oxygens (including phenoxy) is 1. The van der Waals surface area contributed by atoms with E-state index in [0.717, 1.165) is 12.2 Å². The van der Waals surface area contributed by atoms with Gasteiger partial charge in [0, 0.05) is 5.92 Å². The van der Waals surface area contributed by atoms with Crippen molar-refractivity contribution in [2.45, 2.75) is 6.42 Å². The lowest BCUT2D eigenvalue weighted by atomic mass is 9.97. The first-order valence-electron chi connectivity index (χ1n) is 4.41. The number of hydrogen-bond acceptors (Lipinski definition) is 2. The topological polar surface area (TPSA) is 35.2 Å². The smallest absolute Gasteiger partial charge is 0.141 e. The maximum Gasteiger partial charge on any atom is 0.141 e. The first-order chi connectivity index (χ1) is 6.31. The summed E-state index contributed by atoms with van der Waals surface area (Å²) in [7, 11) is 0. The first-order valence-corrected chi connectivity index (χ1v) is 4.79. The van der Waals surface area contributed by atoms with Crippen LogP contribution in [-0.2, 0) is 6.42 Å². The molecule has 13 heavy (non-hydrogen) atoms. The summed E-state index contributed by atoms with van der Waals surface area (Å²) in [4.78, 5) is 0. The molecule has 1 atom stereocenters. The Labute approximate surface area is 82.6 Å². The minimum absolute atomic E-state index is 0.436. The molecule has 1 aliphatic rings. The SMILES string of the molecule is NCC1COc2c(Cl)cccc2C1. The van der Waals surface area contributed by atoms with Crippen LogP contribution in [0.4, 0.5) is 0 Å². The van der Waals surface area contributed by atoms with Crippen molar-refractivity contribution in [3.8, 4) is 5.75 Å². The van der Waals surface area contributed by atoms with Gasteiger partial charge in [-0.1, -0.05) is 23.7 Å². The van der Waals surface area contributed by atoms with Crippen molar-refractivity contribution in [2.24, 2.45) is 11.7 Å². The molecule has 1 aromatic rings. The standard InChI is InChI=1S/C10H12ClNO/c11-9-3-1-2-8-4-7(5-12)6-13-10(8)9/h1-3,7H,4-6,12H2. The van der Waals surface area contributed by atoms with Crippen LogP contribution in [-0.4, -0.2) is 13.2 Å². The van der Waals surface area contributed by atoms with E-state index in [9.17, 15) is 0 Å². The maximum absolute atomic E-state index is 5.98.